The highest BCUT2D eigenvalue weighted by Gasteiger charge is 2.03. The van der Waals surface area contributed by atoms with Gasteiger partial charge in [-0.25, -0.2) is 4.98 Å². The maximum atomic E-state index is 5.97. The largest absolute Gasteiger partial charge is 0.397 e. The molecule has 0 bridgehead atoms. The fourth-order valence-electron chi connectivity index (χ4n) is 2.15. The molecule has 0 aliphatic rings. The van der Waals surface area contributed by atoms with E-state index in [9.17, 15) is 0 Å². The molecule has 4 nitrogen and oxygen atoms in total. The number of aryl methyl sites for hydroxylation is 2. The third kappa shape index (κ3) is 2.12. The van der Waals surface area contributed by atoms with E-state index >= 15 is 0 Å². The Morgan fingerprint density at radius 2 is 2.00 bits per heavy atom. The predicted molar refractivity (Wildman–Crippen MR) is 79.6 cm³/mol. The van der Waals surface area contributed by atoms with Crippen molar-refractivity contribution in [1.29, 1.82) is 0 Å². The molecular weight excluding hydrogens is 236 g/mol. The highest BCUT2D eigenvalue weighted by Crippen LogP contribution is 2.26. The second-order valence-electron chi connectivity index (χ2n) is 4.77. The number of nitrogens with one attached hydrogen (secondary N) is 1. The summed E-state index contributed by atoms with van der Waals surface area (Å²) in [5, 5.41) is 3.34. The smallest absolute Gasteiger partial charge is 0.0955 e. The second kappa shape index (κ2) is 4.31. The number of hydrogen-bond donors (Lipinski definition) is 2. The lowest BCUT2D eigenvalue weighted by Crippen LogP contribution is -1.96. The van der Waals surface area contributed by atoms with Gasteiger partial charge in [0.05, 0.1) is 28.7 Å². The lowest BCUT2D eigenvalue weighted by molar-refractivity contribution is 0.948. The molecule has 1 aromatic heterocycles. The number of aromatic nitrogens is 2. The fourth-order valence-corrected chi connectivity index (χ4v) is 2.15. The molecule has 1 heterocycles. The van der Waals surface area contributed by atoms with Gasteiger partial charge in [-0.2, -0.15) is 0 Å². The summed E-state index contributed by atoms with van der Waals surface area (Å²) in [6, 6.07) is 12.1. The fraction of sp³-hybridized carbons (Fsp3) is 0.133. The van der Waals surface area contributed by atoms with Gasteiger partial charge < -0.3 is 15.6 Å². The topological polar surface area (TPSA) is 55.9 Å². The lowest BCUT2D eigenvalue weighted by Gasteiger charge is -2.10. The van der Waals surface area contributed by atoms with Gasteiger partial charge in [-0.3, -0.25) is 0 Å². The van der Waals surface area contributed by atoms with Crippen molar-refractivity contribution < 1.29 is 0 Å². The van der Waals surface area contributed by atoms with Crippen LogP contribution in [0.3, 0.4) is 0 Å². The zero-order chi connectivity index (χ0) is 13.4. The Labute approximate surface area is 111 Å². The van der Waals surface area contributed by atoms with Crippen LogP contribution in [0.2, 0.25) is 0 Å². The van der Waals surface area contributed by atoms with E-state index in [-0.39, 0.29) is 0 Å². The van der Waals surface area contributed by atoms with Crippen LogP contribution in [-0.2, 0) is 7.05 Å². The van der Waals surface area contributed by atoms with Crippen LogP contribution in [0.1, 0.15) is 5.56 Å². The van der Waals surface area contributed by atoms with Crippen LogP contribution in [0.4, 0.5) is 17.1 Å². The van der Waals surface area contributed by atoms with Crippen LogP contribution in [-0.4, -0.2) is 9.55 Å². The molecule has 0 spiro atoms. The van der Waals surface area contributed by atoms with E-state index in [4.69, 9.17) is 5.73 Å². The zero-order valence-corrected chi connectivity index (χ0v) is 11.0. The first-order valence-electron chi connectivity index (χ1n) is 6.18. The molecule has 0 saturated carbocycles. The van der Waals surface area contributed by atoms with E-state index in [1.165, 1.54) is 5.56 Å². The van der Waals surface area contributed by atoms with Gasteiger partial charge in [-0.15, -0.1) is 0 Å². The van der Waals surface area contributed by atoms with Crippen LogP contribution in [0.15, 0.2) is 42.7 Å². The van der Waals surface area contributed by atoms with Crippen molar-refractivity contribution in [3.05, 3.63) is 48.3 Å². The molecular formula is C15H16N4. The Bertz CT molecular complexity index is 743. The summed E-state index contributed by atoms with van der Waals surface area (Å²) in [5.41, 5.74) is 11.9. The minimum atomic E-state index is 0.742. The predicted octanol–water partition coefficient (Wildman–Crippen LogP) is 3.21. The first-order chi connectivity index (χ1) is 9.13. The highest BCUT2D eigenvalue weighted by molar-refractivity contribution is 5.82. The monoisotopic (exact) mass is 252 g/mol. The van der Waals surface area contributed by atoms with E-state index in [0.29, 0.717) is 0 Å². The van der Waals surface area contributed by atoms with Crippen molar-refractivity contribution in [1.82, 2.24) is 9.55 Å². The Morgan fingerprint density at radius 1 is 1.16 bits per heavy atom. The van der Waals surface area contributed by atoms with Crippen LogP contribution in [0.5, 0.6) is 0 Å². The van der Waals surface area contributed by atoms with Crippen molar-refractivity contribution in [3.8, 4) is 0 Å². The molecule has 4 heteroatoms. The number of nitrogen functional groups attached to an aromatic ring is 1. The Kier molecular flexibility index (Phi) is 2.63. The highest BCUT2D eigenvalue weighted by atomic mass is 15.0. The minimum Gasteiger partial charge on any atom is -0.397 e. The van der Waals surface area contributed by atoms with Crippen LogP contribution in [0, 0.1) is 6.92 Å². The quantitative estimate of drug-likeness (QED) is 0.688. The molecule has 0 aliphatic heterocycles. The number of hydrogen-bond acceptors (Lipinski definition) is 3. The normalized spacial score (nSPS) is 10.8. The van der Waals surface area contributed by atoms with Crippen molar-refractivity contribution in [2.24, 2.45) is 7.05 Å². The summed E-state index contributed by atoms with van der Waals surface area (Å²) in [6.07, 6.45) is 1.81. The van der Waals surface area contributed by atoms with Crippen molar-refractivity contribution in [2.75, 3.05) is 11.1 Å². The van der Waals surface area contributed by atoms with Crippen molar-refractivity contribution >= 4 is 28.1 Å². The molecule has 0 aliphatic carbocycles. The minimum absolute atomic E-state index is 0.742. The number of rotatable bonds is 2. The van der Waals surface area contributed by atoms with Crippen molar-refractivity contribution in [3.63, 3.8) is 0 Å². The number of anilines is 3. The summed E-state index contributed by atoms with van der Waals surface area (Å²) in [4.78, 5) is 4.35. The number of imidazole rings is 1. The average molecular weight is 252 g/mol. The third-order valence-electron chi connectivity index (χ3n) is 3.21. The summed E-state index contributed by atoms with van der Waals surface area (Å²) in [7, 11) is 1.99. The molecule has 0 saturated heterocycles. The molecule has 0 radical (unpaired) electrons. The molecule has 0 unspecified atom stereocenters. The maximum absolute atomic E-state index is 5.97. The number of fused-ring (bicyclic) bond motifs is 1. The van der Waals surface area contributed by atoms with E-state index in [1.807, 2.05) is 55.2 Å². The van der Waals surface area contributed by atoms with E-state index in [0.717, 1.165) is 28.1 Å². The molecule has 2 aromatic carbocycles. The van der Waals surface area contributed by atoms with Crippen LogP contribution >= 0.6 is 0 Å². The molecule has 0 atom stereocenters. The third-order valence-corrected chi connectivity index (χ3v) is 3.21. The molecule has 96 valence electrons. The number of benzene rings is 2. The molecule has 19 heavy (non-hydrogen) atoms. The van der Waals surface area contributed by atoms with Gasteiger partial charge >= 0.3 is 0 Å². The molecule has 3 N–H and O–H groups in total. The van der Waals surface area contributed by atoms with E-state index in [1.54, 1.807) is 0 Å². The second-order valence-corrected chi connectivity index (χ2v) is 4.77. The van der Waals surface area contributed by atoms with Gasteiger partial charge in [0.25, 0.3) is 0 Å². The van der Waals surface area contributed by atoms with Gasteiger partial charge in [0.2, 0.25) is 0 Å². The summed E-state index contributed by atoms with van der Waals surface area (Å²) in [5.74, 6) is 0. The van der Waals surface area contributed by atoms with Gasteiger partial charge in [-0.05, 0) is 42.8 Å². The summed E-state index contributed by atoms with van der Waals surface area (Å²) >= 11 is 0. The summed E-state index contributed by atoms with van der Waals surface area (Å²) < 4.78 is 2.00. The van der Waals surface area contributed by atoms with Gasteiger partial charge in [0, 0.05) is 12.7 Å². The first kappa shape index (κ1) is 11.6. The zero-order valence-electron chi connectivity index (χ0n) is 11.0. The van der Waals surface area contributed by atoms with Gasteiger partial charge in [0.1, 0.15) is 0 Å². The van der Waals surface area contributed by atoms with E-state index < -0.39 is 0 Å². The Balaban J connectivity index is 1.98. The standard InChI is InChI=1S/C15H16N4/c1-10-3-5-12(16)13(7-10)18-11-4-6-15-14(8-11)17-9-19(15)2/h3-9,18H,16H2,1-2H3. The number of nitrogens with zero attached hydrogens (tertiary/aromatic N) is 2. The van der Waals surface area contributed by atoms with Crippen LogP contribution < -0.4 is 11.1 Å². The van der Waals surface area contributed by atoms with Gasteiger partial charge in [-0.1, -0.05) is 6.07 Å². The molecule has 3 rings (SSSR count). The number of nitrogens with two attached hydrogens (primary N) is 1. The van der Waals surface area contributed by atoms with Crippen LogP contribution in [0.25, 0.3) is 11.0 Å². The Hall–Kier alpha value is -2.49. The van der Waals surface area contributed by atoms with E-state index in [2.05, 4.69) is 16.4 Å². The molecule has 0 amide bonds. The first-order valence-corrected chi connectivity index (χ1v) is 6.18. The SMILES string of the molecule is Cc1ccc(N)c(Nc2ccc3c(c2)ncn3C)c1. The molecule has 0 fully saturated rings. The summed E-state index contributed by atoms with van der Waals surface area (Å²) in [6.45, 7) is 2.05. The van der Waals surface area contributed by atoms with Gasteiger partial charge in [0.15, 0.2) is 0 Å². The van der Waals surface area contributed by atoms with Crippen molar-refractivity contribution in [2.45, 2.75) is 6.92 Å². The Morgan fingerprint density at radius 3 is 2.84 bits per heavy atom. The average Bonchev–Trinajstić information content (AvgIpc) is 2.75. The molecule has 3 aromatic rings. The lowest BCUT2D eigenvalue weighted by atomic mass is 10.2. The maximum Gasteiger partial charge on any atom is 0.0955 e.